The van der Waals surface area contributed by atoms with Gasteiger partial charge in [-0.05, 0) is 6.42 Å². The van der Waals surface area contributed by atoms with E-state index in [-0.39, 0.29) is 12.5 Å². The standard InChI is InChI=1S/C7H8O2/c8-7(9)6-4-2-1-3-5-6/h1-4,6H,5H2,(H,8,9)/i3D,6D. The van der Waals surface area contributed by atoms with Crippen LogP contribution in [0.2, 0.25) is 0 Å². The molecule has 9 heavy (non-hydrogen) atoms. The molecule has 0 bridgehead atoms. The van der Waals surface area contributed by atoms with Gasteiger partial charge in [-0.15, -0.1) is 0 Å². The minimum Gasteiger partial charge on any atom is -0.481 e. The molecule has 2 heteroatoms. The SMILES string of the molecule is [2H]C1=CC=CC([2H])(C(=O)O)C1. The van der Waals surface area contributed by atoms with E-state index in [2.05, 4.69) is 0 Å². The van der Waals surface area contributed by atoms with Crippen LogP contribution in [0.1, 0.15) is 9.16 Å². The van der Waals surface area contributed by atoms with Gasteiger partial charge in [-0.3, -0.25) is 4.79 Å². The van der Waals surface area contributed by atoms with E-state index in [4.69, 9.17) is 7.85 Å². The van der Waals surface area contributed by atoms with E-state index in [1.807, 2.05) is 0 Å². The Morgan fingerprint density at radius 1 is 1.89 bits per heavy atom. The molecule has 0 fully saturated rings. The summed E-state index contributed by atoms with van der Waals surface area (Å²) in [5.74, 6) is -2.82. The predicted octanol–water partition coefficient (Wildman–Crippen LogP) is 1.20. The lowest BCUT2D eigenvalue weighted by molar-refractivity contribution is -0.139. The van der Waals surface area contributed by atoms with Crippen molar-refractivity contribution >= 4 is 5.97 Å². The second-order valence-electron chi connectivity index (χ2n) is 1.74. The Kier molecular flexibility index (Phi) is 1.07. The van der Waals surface area contributed by atoms with Gasteiger partial charge in [0.25, 0.3) is 0 Å². The third-order valence-electron chi connectivity index (χ3n) is 1.08. The van der Waals surface area contributed by atoms with E-state index in [1.54, 1.807) is 0 Å². The topological polar surface area (TPSA) is 37.3 Å². The summed E-state index contributed by atoms with van der Waals surface area (Å²) in [6.07, 6.45) is 4.18. The Morgan fingerprint density at radius 3 is 3.11 bits per heavy atom. The molecule has 1 rings (SSSR count). The third-order valence-corrected chi connectivity index (χ3v) is 1.08. The predicted molar refractivity (Wildman–Crippen MR) is 34.0 cm³/mol. The minimum absolute atomic E-state index is 0.0428. The Bertz CT molecular complexity index is 245. The molecular weight excluding hydrogens is 116 g/mol. The van der Waals surface area contributed by atoms with Crippen molar-refractivity contribution in [1.82, 2.24) is 0 Å². The van der Waals surface area contributed by atoms with Gasteiger partial charge in [-0.1, -0.05) is 24.3 Å². The van der Waals surface area contributed by atoms with Crippen LogP contribution in [-0.2, 0) is 4.79 Å². The van der Waals surface area contributed by atoms with E-state index in [9.17, 15) is 4.79 Å². The number of carboxylic acid groups (broad SMARTS) is 1. The zero-order valence-corrected chi connectivity index (χ0v) is 4.79. The summed E-state index contributed by atoms with van der Waals surface area (Å²) in [5, 5.41) is 8.57. The molecule has 2 nitrogen and oxygen atoms in total. The Labute approximate surface area is 56.3 Å². The Hall–Kier alpha value is -1.05. The fourth-order valence-electron chi connectivity index (χ4n) is 0.607. The van der Waals surface area contributed by atoms with Crippen molar-refractivity contribution in [3.05, 3.63) is 24.3 Å². The Morgan fingerprint density at radius 2 is 2.67 bits per heavy atom. The molecule has 0 radical (unpaired) electrons. The summed E-state index contributed by atoms with van der Waals surface area (Å²) < 4.78 is 14.5. The lowest BCUT2D eigenvalue weighted by atomic mass is 10.0. The summed E-state index contributed by atoms with van der Waals surface area (Å²) in [4.78, 5) is 10.5. The number of carbonyl (C=O) groups is 1. The molecule has 0 amide bonds. The number of hydrogen-bond acceptors (Lipinski definition) is 1. The molecule has 1 N–H and O–H groups in total. The van der Waals surface area contributed by atoms with Crippen molar-refractivity contribution in [3.8, 4) is 0 Å². The largest absolute Gasteiger partial charge is 0.481 e. The van der Waals surface area contributed by atoms with E-state index in [0.717, 1.165) is 0 Å². The van der Waals surface area contributed by atoms with Gasteiger partial charge in [0.05, 0.1) is 7.26 Å². The Balaban J connectivity index is 2.86. The smallest absolute Gasteiger partial charge is 0.310 e. The van der Waals surface area contributed by atoms with Crippen LogP contribution >= 0.6 is 0 Å². The minimum atomic E-state index is -1.62. The van der Waals surface area contributed by atoms with Crippen molar-refractivity contribution in [2.75, 3.05) is 0 Å². The zero-order valence-electron chi connectivity index (χ0n) is 6.79. The number of aliphatic carboxylic acids is 1. The van der Waals surface area contributed by atoms with Crippen LogP contribution in [0, 0.1) is 5.89 Å². The molecule has 1 aliphatic rings. The van der Waals surface area contributed by atoms with Crippen LogP contribution in [0.5, 0.6) is 0 Å². The fourth-order valence-corrected chi connectivity index (χ4v) is 0.607. The second kappa shape index (κ2) is 2.49. The third kappa shape index (κ3) is 1.42. The van der Waals surface area contributed by atoms with Crippen molar-refractivity contribution in [2.24, 2.45) is 5.89 Å². The van der Waals surface area contributed by atoms with Gasteiger partial charge in [0.1, 0.15) is 0 Å². The molecule has 0 aromatic heterocycles. The molecule has 0 heterocycles. The van der Waals surface area contributed by atoms with E-state index < -0.39 is 11.9 Å². The first-order valence-corrected chi connectivity index (χ1v) is 2.63. The fraction of sp³-hybridized carbons (Fsp3) is 0.286. The van der Waals surface area contributed by atoms with Gasteiger partial charge >= 0.3 is 5.97 Å². The van der Waals surface area contributed by atoms with Gasteiger partial charge in [0.2, 0.25) is 0 Å². The normalized spacial score (nSPS) is 36.7. The number of allylic oxidation sites excluding steroid dienone is 3. The molecule has 0 spiro atoms. The summed E-state index contributed by atoms with van der Waals surface area (Å²) in [6, 6.07) is 0.185. The highest BCUT2D eigenvalue weighted by Crippen LogP contribution is 2.10. The highest BCUT2D eigenvalue weighted by atomic mass is 16.4. The number of hydrogen-bond donors (Lipinski definition) is 1. The lowest BCUT2D eigenvalue weighted by Gasteiger charge is -2.04. The average Bonchev–Trinajstić information content (AvgIpc) is 1.86. The molecule has 0 saturated heterocycles. The lowest BCUT2D eigenvalue weighted by Crippen LogP contribution is -2.10. The molecule has 1 aliphatic carbocycles. The van der Waals surface area contributed by atoms with Gasteiger partial charge in [0.15, 0.2) is 0 Å². The molecule has 1 atom stereocenters. The van der Waals surface area contributed by atoms with Crippen molar-refractivity contribution in [2.45, 2.75) is 6.42 Å². The maximum absolute atomic E-state index is 10.5. The van der Waals surface area contributed by atoms with Crippen LogP contribution in [0.3, 0.4) is 0 Å². The first-order valence-electron chi connectivity index (χ1n) is 3.63. The quantitative estimate of drug-likeness (QED) is 0.573. The first-order chi connectivity index (χ1) is 5.04. The average molecular weight is 126 g/mol. The summed E-state index contributed by atoms with van der Waals surface area (Å²) in [7, 11) is 0. The molecule has 0 aromatic rings. The van der Waals surface area contributed by atoms with Crippen LogP contribution in [0.15, 0.2) is 24.3 Å². The van der Waals surface area contributed by atoms with Crippen molar-refractivity contribution < 1.29 is 12.6 Å². The number of rotatable bonds is 1. The summed E-state index contributed by atoms with van der Waals surface area (Å²) in [5.41, 5.74) is 0. The zero-order chi connectivity index (χ0) is 8.48. The van der Waals surface area contributed by atoms with Crippen molar-refractivity contribution in [3.63, 3.8) is 0 Å². The molecule has 0 aromatic carbocycles. The van der Waals surface area contributed by atoms with E-state index in [1.165, 1.54) is 18.2 Å². The van der Waals surface area contributed by atoms with E-state index >= 15 is 0 Å². The monoisotopic (exact) mass is 126 g/mol. The van der Waals surface area contributed by atoms with Crippen LogP contribution in [0.25, 0.3) is 0 Å². The maximum atomic E-state index is 10.5. The second-order valence-corrected chi connectivity index (χ2v) is 1.74. The summed E-state index contributed by atoms with van der Waals surface area (Å²) in [6.45, 7) is 0. The van der Waals surface area contributed by atoms with Gasteiger partial charge in [0, 0.05) is 1.37 Å². The molecule has 1 unspecified atom stereocenters. The van der Waals surface area contributed by atoms with Crippen LogP contribution < -0.4 is 0 Å². The van der Waals surface area contributed by atoms with Crippen LogP contribution in [0.4, 0.5) is 0 Å². The summed E-state index contributed by atoms with van der Waals surface area (Å²) >= 11 is 0. The van der Waals surface area contributed by atoms with Crippen molar-refractivity contribution in [1.29, 1.82) is 0 Å². The molecular formula is C7H8O2. The highest BCUT2D eigenvalue weighted by Gasteiger charge is 2.12. The maximum Gasteiger partial charge on any atom is 0.310 e. The van der Waals surface area contributed by atoms with Gasteiger partial charge in [-0.25, -0.2) is 0 Å². The van der Waals surface area contributed by atoms with E-state index in [0.29, 0.717) is 0 Å². The molecule has 0 saturated carbocycles. The first kappa shape index (κ1) is 3.88. The molecule has 0 aliphatic heterocycles. The van der Waals surface area contributed by atoms with Crippen LogP contribution in [-0.4, -0.2) is 11.1 Å². The highest BCUT2D eigenvalue weighted by molar-refractivity contribution is 5.72. The van der Waals surface area contributed by atoms with Gasteiger partial charge < -0.3 is 5.11 Å². The molecule has 48 valence electrons. The number of carboxylic acids is 1. The van der Waals surface area contributed by atoms with Gasteiger partial charge in [-0.2, -0.15) is 0 Å².